The molecule has 4 heterocycles. The number of rotatable bonds is 6. The van der Waals surface area contributed by atoms with Crippen LogP contribution in [0, 0.1) is 0 Å². The lowest BCUT2D eigenvalue weighted by molar-refractivity contribution is 0.669. The van der Waals surface area contributed by atoms with Gasteiger partial charge in [0.05, 0.1) is 11.0 Å². The summed E-state index contributed by atoms with van der Waals surface area (Å²) < 4.78 is 11.3. The standard InChI is InChI=1S/C61H36N4OS.C2H6/c1-2-13-38(14-3-1)59-62-60(64-61(63-59)43-27-31-48-47-18-6-8-22-53(47)66-54(48)35-43)39-24-29-44(30-25-39)65-52-33-28-37-12-4-5-17-45(37)57(52)51-21-11-20-46(58(51)65)42-16-10-15-40(34-42)41-26-32-50-49-19-7-9-23-55(49)67-56(50)36-41;1-2/h1-36H;1-2H3. The van der Waals surface area contributed by atoms with E-state index in [1.165, 1.54) is 58.4 Å². The smallest absolute Gasteiger partial charge is 0.164 e. The maximum Gasteiger partial charge on any atom is 0.164 e. The third-order valence-corrected chi connectivity index (χ3v) is 14.4. The van der Waals surface area contributed by atoms with Crippen LogP contribution in [0.2, 0.25) is 0 Å². The SMILES string of the molecule is CC.c1ccc(-c2nc(-c3ccc(-n4c5ccc6ccccc6c5c5cccc(-c6cccc(-c7ccc8c(c7)sc7ccccc78)c6)c54)cc3)nc(-c3ccc4c(c3)oc3ccccc34)n2)cc1. The van der Waals surface area contributed by atoms with Crippen molar-refractivity contribution in [1.29, 1.82) is 0 Å². The lowest BCUT2D eigenvalue weighted by Crippen LogP contribution is -2.00. The molecule has 14 aromatic rings. The number of aromatic nitrogens is 4. The topological polar surface area (TPSA) is 56.7 Å². The van der Waals surface area contributed by atoms with Crippen LogP contribution in [0.15, 0.2) is 223 Å². The Kier molecular flexibility index (Phi) is 9.73. The number of hydrogen-bond acceptors (Lipinski definition) is 5. The molecule has 6 heteroatoms. The van der Waals surface area contributed by atoms with E-state index in [0.717, 1.165) is 60.9 Å². The summed E-state index contributed by atoms with van der Waals surface area (Å²) >= 11 is 1.86. The molecule has 0 spiro atoms. The summed E-state index contributed by atoms with van der Waals surface area (Å²) in [6, 6.07) is 77.7. The van der Waals surface area contributed by atoms with Crippen molar-refractivity contribution >= 4 is 86.0 Å². The second kappa shape index (κ2) is 16.6. The summed E-state index contributed by atoms with van der Waals surface area (Å²) in [6.07, 6.45) is 0. The normalized spacial score (nSPS) is 11.6. The van der Waals surface area contributed by atoms with Gasteiger partial charge in [0.15, 0.2) is 17.5 Å². The predicted octanol–water partition coefficient (Wildman–Crippen LogP) is 17.8. The highest BCUT2D eigenvalue weighted by molar-refractivity contribution is 7.25. The highest BCUT2D eigenvalue weighted by atomic mass is 32.1. The first kappa shape index (κ1) is 40.6. The molecule has 0 aliphatic rings. The highest BCUT2D eigenvalue weighted by Gasteiger charge is 2.20. The molecule has 0 N–H and O–H groups in total. The zero-order valence-corrected chi connectivity index (χ0v) is 38.7. The average Bonchev–Trinajstić information content (AvgIpc) is 4.11. The van der Waals surface area contributed by atoms with Gasteiger partial charge in [-0.15, -0.1) is 11.3 Å². The number of para-hydroxylation sites is 2. The van der Waals surface area contributed by atoms with Crippen molar-refractivity contribution in [1.82, 2.24) is 19.5 Å². The van der Waals surface area contributed by atoms with Crippen molar-refractivity contribution in [3.05, 3.63) is 218 Å². The monoisotopic (exact) mass is 902 g/mol. The number of benzene rings is 10. The quantitative estimate of drug-likeness (QED) is 0.167. The van der Waals surface area contributed by atoms with E-state index >= 15 is 0 Å². The van der Waals surface area contributed by atoms with Crippen molar-refractivity contribution in [2.75, 3.05) is 0 Å². The van der Waals surface area contributed by atoms with Crippen molar-refractivity contribution < 1.29 is 4.42 Å². The fourth-order valence-corrected chi connectivity index (χ4v) is 11.2. The van der Waals surface area contributed by atoms with Gasteiger partial charge in [-0.3, -0.25) is 0 Å². The molecule has 0 fully saturated rings. The Balaban J connectivity index is 0.00000232. The molecule has 0 amide bonds. The minimum atomic E-state index is 0.583. The fourth-order valence-electron chi connectivity index (χ4n) is 10.1. The van der Waals surface area contributed by atoms with Crippen LogP contribution in [-0.4, -0.2) is 19.5 Å². The molecule has 0 aliphatic heterocycles. The van der Waals surface area contributed by atoms with Crippen LogP contribution < -0.4 is 0 Å². The second-order valence-corrected chi connectivity index (χ2v) is 18.2. The van der Waals surface area contributed by atoms with E-state index in [0.29, 0.717) is 17.5 Å². The Morgan fingerprint density at radius 3 is 1.80 bits per heavy atom. The van der Waals surface area contributed by atoms with E-state index < -0.39 is 0 Å². The molecule has 10 aromatic carbocycles. The first-order chi connectivity index (χ1) is 34.2. The zero-order chi connectivity index (χ0) is 46.0. The Bertz CT molecular complexity index is 4280. The largest absolute Gasteiger partial charge is 0.456 e. The zero-order valence-electron chi connectivity index (χ0n) is 37.9. The van der Waals surface area contributed by atoms with Gasteiger partial charge >= 0.3 is 0 Å². The van der Waals surface area contributed by atoms with Crippen molar-refractivity contribution in [3.63, 3.8) is 0 Å². The molecule has 0 aliphatic carbocycles. The van der Waals surface area contributed by atoms with Crippen LogP contribution in [0.4, 0.5) is 0 Å². The van der Waals surface area contributed by atoms with Crippen LogP contribution >= 0.6 is 11.3 Å². The van der Waals surface area contributed by atoms with E-state index in [9.17, 15) is 0 Å². The number of thiophene rings is 1. The Hall–Kier alpha value is -8.71. The number of nitrogens with zero attached hydrogens (tertiary/aromatic N) is 4. The summed E-state index contributed by atoms with van der Waals surface area (Å²) in [6.45, 7) is 4.00. The van der Waals surface area contributed by atoms with Crippen LogP contribution in [-0.2, 0) is 0 Å². The molecule has 0 saturated heterocycles. The van der Waals surface area contributed by atoms with E-state index in [-0.39, 0.29) is 0 Å². The third kappa shape index (κ3) is 6.79. The number of hydrogen-bond donors (Lipinski definition) is 0. The average molecular weight is 903 g/mol. The van der Waals surface area contributed by atoms with E-state index in [1.807, 2.05) is 79.8 Å². The number of fused-ring (bicyclic) bond motifs is 11. The van der Waals surface area contributed by atoms with Gasteiger partial charge in [-0.25, -0.2) is 15.0 Å². The molecule has 5 nitrogen and oxygen atoms in total. The summed E-state index contributed by atoms with van der Waals surface area (Å²) in [5, 5.41) is 9.66. The van der Waals surface area contributed by atoms with E-state index in [1.54, 1.807) is 0 Å². The Morgan fingerprint density at radius 2 is 0.957 bits per heavy atom. The molecule has 0 unspecified atom stereocenters. The van der Waals surface area contributed by atoms with Gasteiger partial charge in [0.25, 0.3) is 0 Å². The third-order valence-electron chi connectivity index (χ3n) is 13.3. The van der Waals surface area contributed by atoms with Crippen LogP contribution in [0.25, 0.3) is 137 Å². The van der Waals surface area contributed by atoms with Gasteiger partial charge in [-0.1, -0.05) is 166 Å². The Labute approximate surface area is 402 Å². The first-order valence-corrected chi connectivity index (χ1v) is 24.3. The summed E-state index contributed by atoms with van der Waals surface area (Å²) in [5.41, 5.74) is 12.4. The van der Waals surface area contributed by atoms with E-state index in [4.69, 9.17) is 19.4 Å². The molecule has 4 aromatic heterocycles. The van der Waals surface area contributed by atoms with Crippen LogP contribution in [0.3, 0.4) is 0 Å². The van der Waals surface area contributed by atoms with Gasteiger partial charge in [-0.2, -0.15) is 0 Å². The second-order valence-electron chi connectivity index (χ2n) is 17.1. The summed E-state index contributed by atoms with van der Waals surface area (Å²) in [7, 11) is 0. The molecular formula is C63H42N4OS. The predicted molar refractivity (Wildman–Crippen MR) is 290 cm³/mol. The maximum absolute atomic E-state index is 6.29. The lowest BCUT2D eigenvalue weighted by atomic mass is 9.96. The first-order valence-electron chi connectivity index (χ1n) is 23.5. The summed E-state index contributed by atoms with van der Waals surface area (Å²) in [5.74, 6) is 1.79. The van der Waals surface area contributed by atoms with Gasteiger partial charge in [0.1, 0.15) is 11.2 Å². The van der Waals surface area contributed by atoms with Crippen molar-refractivity contribution in [2.45, 2.75) is 13.8 Å². The molecule has 0 atom stereocenters. The molecule has 69 heavy (non-hydrogen) atoms. The molecule has 0 bridgehead atoms. The van der Waals surface area contributed by atoms with Gasteiger partial charge < -0.3 is 8.98 Å². The highest BCUT2D eigenvalue weighted by Crippen LogP contribution is 2.43. The molecular weight excluding hydrogens is 861 g/mol. The van der Waals surface area contributed by atoms with Gasteiger partial charge in [-0.05, 0) is 94.2 Å². The Morgan fingerprint density at radius 1 is 0.377 bits per heavy atom. The van der Waals surface area contributed by atoms with Crippen molar-refractivity contribution in [3.8, 4) is 62.1 Å². The fraction of sp³-hybridized carbons (Fsp3) is 0.0317. The minimum Gasteiger partial charge on any atom is -0.456 e. The minimum absolute atomic E-state index is 0.583. The van der Waals surface area contributed by atoms with Gasteiger partial charge in [0.2, 0.25) is 0 Å². The summed E-state index contributed by atoms with van der Waals surface area (Å²) in [4.78, 5) is 15.2. The lowest BCUT2D eigenvalue weighted by Gasteiger charge is -2.14. The van der Waals surface area contributed by atoms with Crippen LogP contribution in [0.1, 0.15) is 13.8 Å². The van der Waals surface area contributed by atoms with Crippen molar-refractivity contribution in [2.24, 2.45) is 0 Å². The van der Waals surface area contributed by atoms with E-state index in [2.05, 4.69) is 168 Å². The molecule has 14 rings (SSSR count). The van der Waals surface area contributed by atoms with Crippen LogP contribution in [0.5, 0.6) is 0 Å². The maximum atomic E-state index is 6.29. The number of furan rings is 1. The van der Waals surface area contributed by atoms with Gasteiger partial charge in [0, 0.05) is 69.7 Å². The molecule has 0 saturated carbocycles. The molecule has 0 radical (unpaired) electrons. The molecule has 326 valence electrons.